The van der Waals surface area contributed by atoms with Crippen LogP contribution >= 0.6 is 11.8 Å². The summed E-state index contributed by atoms with van der Waals surface area (Å²) in [5.74, 6) is -9.44. The highest BCUT2D eigenvalue weighted by Crippen LogP contribution is 2.40. The van der Waals surface area contributed by atoms with Gasteiger partial charge in [-0.25, -0.2) is 0 Å². The third kappa shape index (κ3) is 22.7. The lowest BCUT2D eigenvalue weighted by Gasteiger charge is -2.48. The van der Waals surface area contributed by atoms with Crippen LogP contribution in [0.2, 0.25) is 0 Å². The molecule has 25 heteroatoms. The molecule has 2 heterocycles. The second kappa shape index (κ2) is 38.1. The van der Waals surface area contributed by atoms with E-state index in [-0.39, 0.29) is 55.8 Å². The van der Waals surface area contributed by atoms with Gasteiger partial charge in [0.15, 0.2) is 4.87 Å². The number of nitrogens with zero attached hydrogens (tertiary/aromatic N) is 8. The summed E-state index contributed by atoms with van der Waals surface area (Å²) in [5, 5.41) is 23.6. The summed E-state index contributed by atoms with van der Waals surface area (Å²) in [5.41, 5.74) is 0. The van der Waals surface area contributed by atoms with Gasteiger partial charge in [-0.05, 0) is 127 Å². The van der Waals surface area contributed by atoms with E-state index >= 15 is 19.2 Å². The molecule has 24 nitrogen and oxygen atoms in total. The molecule has 5 N–H and O–H groups in total. The lowest BCUT2D eigenvalue weighted by molar-refractivity contribution is -0.159. The Morgan fingerprint density at radius 3 is 1.49 bits per heavy atom. The van der Waals surface area contributed by atoms with Crippen LogP contribution in [-0.2, 0) is 52.7 Å². The fourth-order valence-electron chi connectivity index (χ4n) is 12.3. The molecule has 0 unspecified atom stereocenters. The lowest BCUT2D eigenvalue weighted by atomic mass is 9.91. The molecule has 11 amide bonds. The molecular weight excluding hydrogens is 1210 g/mol. The lowest BCUT2D eigenvalue weighted by Crippen LogP contribution is -2.68. The molecule has 0 radical (unpaired) electrons. The van der Waals surface area contributed by atoms with Crippen LogP contribution in [-0.4, -0.2) is 256 Å². The van der Waals surface area contributed by atoms with Crippen molar-refractivity contribution < 1.29 is 57.8 Å². The molecule has 2 saturated heterocycles. The van der Waals surface area contributed by atoms with E-state index in [1.807, 2.05) is 68.4 Å². The quantitative estimate of drug-likeness (QED) is 0.112. The van der Waals surface area contributed by atoms with E-state index in [9.17, 15) is 38.7 Å². The average Bonchev–Trinajstić information content (AvgIpc) is 1.46. The van der Waals surface area contributed by atoms with Crippen LogP contribution in [0.25, 0.3) is 0 Å². The first kappa shape index (κ1) is 83.3. The molecule has 0 bridgehead atoms. The summed E-state index contributed by atoms with van der Waals surface area (Å²) in [6.45, 7) is 32.0. The highest BCUT2D eigenvalue weighted by Gasteiger charge is 2.54. The summed E-state index contributed by atoms with van der Waals surface area (Å²) in [7, 11) is 10.1. The molecule has 0 aliphatic carbocycles. The van der Waals surface area contributed by atoms with Gasteiger partial charge in [0.1, 0.15) is 54.4 Å². The Labute approximate surface area is 561 Å². The number of thioether (sulfide) groups is 1. The minimum atomic E-state index is -1.80. The van der Waals surface area contributed by atoms with Gasteiger partial charge < -0.3 is 65.6 Å². The van der Waals surface area contributed by atoms with Crippen molar-refractivity contribution in [2.75, 3.05) is 81.3 Å². The minimum Gasteiger partial charge on any atom is -0.390 e. The molecule has 0 spiro atoms. The van der Waals surface area contributed by atoms with E-state index in [0.29, 0.717) is 18.7 Å². The van der Waals surface area contributed by atoms with Crippen LogP contribution < -0.4 is 21.3 Å². The first-order valence-electron chi connectivity index (χ1n) is 33.9. The molecule has 2 aliphatic rings. The van der Waals surface area contributed by atoms with E-state index < -0.39 is 155 Å². The van der Waals surface area contributed by atoms with Crippen molar-refractivity contribution in [2.24, 2.45) is 41.4 Å². The third-order valence-corrected chi connectivity index (χ3v) is 20.0. The number of hydrogen-bond donors (Lipinski definition) is 5. The summed E-state index contributed by atoms with van der Waals surface area (Å²) in [6.07, 6.45) is 5.03. The predicted molar refractivity (Wildman–Crippen MR) is 366 cm³/mol. The number of likely N-dealkylation sites (N-methyl/N-ethyl adjacent to an activating group) is 7. The van der Waals surface area contributed by atoms with E-state index in [4.69, 9.17) is 0 Å². The van der Waals surface area contributed by atoms with Gasteiger partial charge in [-0.2, -0.15) is 0 Å². The van der Waals surface area contributed by atoms with Gasteiger partial charge in [0, 0.05) is 61.6 Å². The maximum Gasteiger partial charge on any atom is 0.259 e. The van der Waals surface area contributed by atoms with Crippen molar-refractivity contribution >= 4 is 76.7 Å². The number of allylic oxidation sites excluding steroid dienone is 2. The standard InChI is InChI=1S/C68H122N12O12S/c1-25-27-30-46(15)57(82)56-61(86)71-49(26-2)63(88)73(18)39-54(81)74(19)50(35-40(3)4)60(85)72-55(44(11)12)66(91)75(20)51(36-41(5)6)59(84)69-47(16)58(83)70-48(17)62(87)76(21)52(37-42(7)8)64(89)77(22)53(38-43(9)10)65(90)79(24)68(45(13)14,67(92)78(56)23)93-34-33-80-31-28-29-32-80/h25,27,40-53,55-57,82H,26,28-39H2,1-24H3,(H,69,84)(H,70,83)(H,71,86)(H,72,85)/b27-25+/t46-,47+,48-,49+,50+,51+,52+,53+,55+,56+,57-,68+/m1/s1. The Balaban J connectivity index is 3.12. The van der Waals surface area contributed by atoms with Crippen LogP contribution in [0, 0.1) is 41.4 Å². The van der Waals surface area contributed by atoms with Crippen molar-refractivity contribution in [3.05, 3.63) is 12.2 Å². The number of amides is 11. The van der Waals surface area contributed by atoms with Gasteiger partial charge in [0.05, 0.1) is 12.6 Å². The highest BCUT2D eigenvalue weighted by molar-refractivity contribution is 8.01. The minimum absolute atomic E-state index is 0.0166. The number of carbonyl (C=O) groups excluding carboxylic acids is 11. The topological polar surface area (TPSA) is 282 Å². The molecule has 2 aliphatic heterocycles. The molecule has 0 aromatic heterocycles. The van der Waals surface area contributed by atoms with Crippen LogP contribution in [0.1, 0.15) is 169 Å². The van der Waals surface area contributed by atoms with Crippen molar-refractivity contribution in [2.45, 2.75) is 234 Å². The molecule has 0 aromatic rings. The van der Waals surface area contributed by atoms with E-state index in [0.717, 1.165) is 30.8 Å². The Bertz CT molecular complexity index is 2560. The largest absolute Gasteiger partial charge is 0.390 e. The van der Waals surface area contributed by atoms with Crippen LogP contribution in [0.15, 0.2) is 12.2 Å². The Kier molecular flexibility index (Phi) is 34.1. The third-order valence-electron chi connectivity index (χ3n) is 18.2. The molecule has 93 heavy (non-hydrogen) atoms. The summed E-state index contributed by atoms with van der Waals surface area (Å²) < 4.78 is 0. The highest BCUT2D eigenvalue weighted by atomic mass is 32.2. The van der Waals surface area contributed by atoms with Crippen molar-refractivity contribution in [3.8, 4) is 0 Å². The molecule has 0 aromatic carbocycles. The van der Waals surface area contributed by atoms with Crippen LogP contribution in [0.4, 0.5) is 0 Å². The molecule has 2 fully saturated rings. The van der Waals surface area contributed by atoms with Crippen LogP contribution in [0.3, 0.4) is 0 Å². The number of hydrogen-bond acceptors (Lipinski definition) is 14. The smallest absolute Gasteiger partial charge is 0.259 e. The Morgan fingerprint density at radius 2 is 1.01 bits per heavy atom. The monoisotopic (exact) mass is 1330 g/mol. The molecule has 12 atom stereocenters. The molecule has 532 valence electrons. The Hall–Kier alpha value is -5.82. The fourth-order valence-corrected chi connectivity index (χ4v) is 13.8. The van der Waals surface area contributed by atoms with Crippen molar-refractivity contribution in [1.29, 1.82) is 0 Å². The fraction of sp³-hybridized carbons (Fsp3) is 0.809. The second-order valence-electron chi connectivity index (χ2n) is 28.6. The number of likely N-dealkylation sites (tertiary alicyclic amines) is 1. The number of aliphatic hydroxyl groups excluding tert-OH is 1. The predicted octanol–water partition coefficient (Wildman–Crippen LogP) is 4.43. The number of carbonyl (C=O) groups is 11. The normalized spacial score (nSPS) is 27.5. The summed E-state index contributed by atoms with van der Waals surface area (Å²) in [6, 6.07) is -11.2. The van der Waals surface area contributed by atoms with Gasteiger partial charge in [-0.1, -0.05) is 109 Å². The second-order valence-corrected chi connectivity index (χ2v) is 29.9. The number of nitrogens with one attached hydrogen (secondary N) is 4. The summed E-state index contributed by atoms with van der Waals surface area (Å²) >= 11 is 1.24. The zero-order valence-corrected chi connectivity index (χ0v) is 61.9. The molecule has 0 saturated carbocycles. The van der Waals surface area contributed by atoms with Gasteiger partial charge in [-0.15, -0.1) is 11.8 Å². The van der Waals surface area contributed by atoms with Gasteiger partial charge in [-0.3, -0.25) is 52.7 Å². The zero-order chi connectivity index (χ0) is 71.4. The molecular formula is C68H122N12O12S. The maximum atomic E-state index is 16.2. The Morgan fingerprint density at radius 1 is 0.548 bits per heavy atom. The van der Waals surface area contributed by atoms with Crippen LogP contribution in [0.5, 0.6) is 0 Å². The first-order chi connectivity index (χ1) is 43.2. The van der Waals surface area contributed by atoms with Gasteiger partial charge in [0.25, 0.3) is 5.91 Å². The zero-order valence-electron chi connectivity index (χ0n) is 61.1. The van der Waals surface area contributed by atoms with Crippen molar-refractivity contribution in [1.82, 2.24) is 60.5 Å². The first-order valence-corrected chi connectivity index (χ1v) is 34.9. The van der Waals surface area contributed by atoms with Gasteiger partial charge in [0.2, 0.25) is 59.1 Å². The van der Waals surface area contributed by atoms with E-state index in [1.165, 1.54) is 104 Å². The summed E-state index contributed by atoms with van der Waals surface area (Å²) in [4.78, 5) is 173. The maximum absolute atomic E-state index is 16.2. The van der Waals surface area contributed by atoms with E-state index in [1.54, 1.807) is 47.6 Å². The van der Waals surface area contributed by atoms with Crippen molar-refractivity contribution in [3.63, 3.8) is 0 Å². The molecule has 2 rings (SSSR count). The SMILES string of the molecule is C/C=C/C[C@@H](C)[C@@H](O)[C@H]1C(=O)N[C@@H](CC)C(=O)N(C)CC(=O)N(C)[C@@H](CC(C)C)C(=O)N[C@@H](C(C)C)C(=O)N(C)[C@@H](CC(C)C)C(=O)N[C@@H](C)C(=O)N[C@H](C)C(=O)N(C)[C@@H](CC(C)C)C(=O)N(C)[C@@H](CC(C)C)C(=O)N(C)[C@](SCCN2CCCC2)(C(C)C)C(=O)N1C. The average molecular weight is 1330 g/mol. The van der Waals surface area contributed by atoms with E-state index in [2.05, 4.69) is 26.2 Å². The number of aliphatic hydroxyl groups is 1. The van der Waals surface area contributed by atoms with Gasteiger partial charge >= 0.3 is 0 Å². The number of rotatable bonds is 19.